The fraction of sp³-hybridized carbons (Fsp3) is 0.333. The third-order valence-corrected chi connectivity index (χ3v) is 3.88. The Morgan fingerprint density at radius 1 is 0.774 bits per heavy atom. The number of aromatic nitrogens is 4. The van der Waals surface area contributed by atoms with Gasteiger partial charge in [-0.15, -0.1) is 0 Å². The van der Waals surface area contributed by atoms with Crippen molar-refractivity contribution in [1.82, 2.24) is 19.9 Å². The number of ether oxygens (including phenoxy) is 3. The van der Waals surface area contributed by atoms with Crippen LogP contribution in [0.3, 0.4) is 0 Å². The summed E-state index contributed by atoms with van der Waals surface area (Å²) in [4.78, 5) is 17.4. The van der Waals surface area contributed by atoms with E-state index in [1.807, 2.05) is 48.5 Å². The van der Waals surface area contributed by atoms with E-state index >= 15 is 0 Å². The summed E-state index contributed by atoms with van der Waals surface area (Å²) < 4.78 is 16.6. The smallest absolute Gasteiger partial charge is 0.328 e. The normalized spacial score (nSPS) is 10.6. The predicted molar refractivity (Wildman–Crippen MR) is 117 cm³/mol. The van der Waals surface area contributed by atoms with Crippen LogP contribution in [0.15, 0.2) is 54.7 Å². The summed E-state index contributed by atoms with van der Waals surface area (Å²) in [6, 6.07) is 15.2. The Labute approximate surface area is 181 Å². The van der Waals surface area contributed by atoms with Crippen molar-refractivity contribution in [3.63, 3.8) is 0 Å². The second-order valence-electron chi connectivity index (χ2n) is 6.30. The van der Waals surface area contributed by atoms with Crippen molar-refractivity contribution in [2.24, 2.45) is 5.73 Å². The zero-order chi connectivity index (χ0) is 21.6. The highest BCUT2D eigenvalue weighted by atomic mass is 16.5. The fourth-order valence-corrected chi connectivity index (χ4v) is 2.47. The molecule has 0 radical (unpaired) electrons. The van der Waals surface area contributed by atoms with Gasteiger partial charge in [0.05, 0.1) is 38.7 Å². The molecule has 164 valence electrons. The number of nitrogens with two attached hydrogens (primary N) is 1. The van der Waals surface area contributed by atoms with Crippen molar-refractivity contribution in [1.29, 1.82) is 0 Å². The molecular weight excluding hydrogens is 398 g/mol. The van der Waals surface area contributed by atoms with Gasteiger partial charge in [0.25, 0.3) is 0 Å². The molecule has 10 nitrogen and oxygen atoms in total. The second kappa shape index (κ2) is 13.1. The maximum atomic E-state index is 5.78. The van der Waals surface area contributed by atoms with Crippen LogP contribution in [0.4, 0.5) is 11.9 Å². The minimum Gasteiger partial charge on any atom is -0.424 e. The molecule has 0 saturated heterocycles. The van der Waals surface area contributed by atoms with Gasteiger partial charge in [-0.05, 0) is 24.3 Å². The van der Waals surface area contributed by atoms with Gasteiger partial charge in [-0.3, -0.25) is 4.98 Å². The minimum atomic E-state index is 0.184. The number of anilines is 2. The average molecular weight is 425 g/mol. The van der Waals surface area contributed by atoms with Crippen LogP contribution in [0.25, 0.3) is 0 Å². The average Bonchev–Trinajstić information content (AvgIpc) is 2.81. The van der Waals surface area contributed by atoms with Crippen molar-refractivity contribution < 1.29 is 14.2 Å². The summed E-state index contributed by atoms with van der Waals surface area (Å²) >= 11 is 0. The zero-order valence-electron chi connectivity index (χ0n) is 17.2. The maximum absolute atomic E-state index is 5.78. The van der Waals surface area contributed by atoms with E-state index in [0.29, 0.717) is 63.7 Å². The number of hydrogen-bond acceptors (Lipinski definition) is 10. The molecule has 0 saturated carbocycles. The minimum absolute atomic E-state index is 0.184. The van der Waals surface area contributed by atoms with Crippen molar-refractivity contribution in [3.05, 3.63) is 60.4 Å². The molecule has 0 aliphatic rings. The first-order valence-electron chi connectivity index (χ1n) is 10.1. The van der Waals surface area contributed by atoms with Crippen molar-refractivity contribution >= 4 is 11.9 Å². The van der Waals surface area contributed by atoms with E-state index in [2.05, 4.69) is 30.6 Å². The highest BCUT2D eigenvalue weighted by Gasteiger charge is 2.09. The predicted octanol–water partition coefficient (Wildman–Crippen LogP) is 2.07. The molecule has 4 N–H and O–H groups in total. The first-order valence-corrected chi connectivity index (χ1v) is 10.1. The zero-order valence-corrected chi connectivity index (χ0v) is 17.2. The molecule has 0 aliphatic heterocycles. The molecule has 0 bridgehead atoms. The third kappa shape index (κ3) is 8.51. The lowest BCUT2D eigenvalue weighted by Gasteiger charge is -2.11. The van der Waals surface area contributed by atoms with Crippen LogP contribution in [-0.2, 0) is 16.0 Å². The number of rotatable bonds is 14. The molecule has 0 spiro atoms. The first kappa shape index (κ1) is 22.3. The summed E-state index contributed by atoms with van der Waals surface area (Å²) in [5.41, 5.74) is 6.24. The molecule has 0 amide bonds. The topological polar surface area (TPSA) is 129 Å². The quantitative estimate of drug-likeness (QED) is 0.330. The van der Waals surface area contributed by atoms with Gasteiger partial charge in [0.1, 0.15) is 5.75 Å². The molecule has 0 aliphatic carbocycles. The SMILES string of the molecule is NCCOCCOCCNc1nc(NCc2ccccn2)nc(Oc2ccccc2)n1. The van der Waals surface area contributed by atoms with Gasteiger partial charge in [0, 0.05) is 19.3 Å². The molecule has 1 aromatic carbocycles. The summed E-state index contributed by atoms with van der Waals surface area (Å²) in [6.45, 7) is 3.52. The largest absolute Gasteiger partial charge is 0.424 e. The molecule has 3 rings (SSSR count). The third-order valence-electron chi connectivity index (χ3n) is 3.88. The molecule has 0 unspecified atom stereocenters. The summed E-state index contributed by atoms with van der Waals surface area (Å²) in [6.07, 6.45) is 1.74. The van der Waals surface area contributed by atoms with Gasteiger partial charge in [0.2, 0.25) is 11.9 Å². The van der Waals surface area contributed by atoms with Gasteiger partial charge in [-0.25, -0.2) is 0 Å². The fourth-order valence-electron chi connectivity index (χ4n) is 2.47. The molecule has 31 heavy (non-hydrogen) atoms. The van der Waals surface area contributed by atoms with E-state index in [0.717, 1.165) is 5.69 Å². The van der Waals surface area contributed by atoms with Gasteiger partial charge >= 0.3 is 6.01 Å². The van der Waals surface area contributed by atoms with E-state index in [-0.39, 0.29) is 6.01 Å². The van der Waals surface area contributed by atoms with Crippen LogP contribution in [0, 0.1) is 0 Å². The Kier molecular flexibility index (Phi) is 9.42. The molecule has 0 atom stereocenters. The van der Waals surface area contributed by atoms with Gasteiger partial charge in [-0.1, -0.05) is 24.3 Å². The van der Waals surface area contributed by atoms with Gasteiger partial charge < -0.3 is 30.6 Å². The Bertz CT molecular complexity index is 885. The van der Waals surface area contributed by atoms with Crippen LogP contribution in [0.5, 0.6) is 11.8 Å². The highest BCUT2D eigenvalue weighted by molar-refractivity contribution is 5.37. The standard InChI is InChI=1S/C21H27N7O3/c22-9-12-29-14-15-30-13-11-24-19-26-20(25-16-17-6-4-5-10-23-17)28-21(27-19)31-18-7-2-1-3-8-18/h1-8,10H,9,11-16,22H2,(H2,24,25,26,27,28). The summed E-state index contributed by atoms with van der Waals surface area (Å²) in [5, 5.41) is 6.28. The van der Waals surface area contributed by atoms with Gasteiger partial charge in [0.15, 0.2) is 0 Å². The van der Waals surface area contributed by atoms with Crippen LogP contribution in [-0.4, -0.2) is 59.5 Å². The molecule has 0 fully saturated rings. The molecule has 3 aromatic rings. The van der Waals surface area contributed by atoms with E-state index in [1.165, 1.54) is 0 Å². The lowest BCUT2D eigenvalue weighted by Crippen LogP contribution is -2.16. The van der Waals surface area contributed by atoms with E-state index < -0.39 is 0 Å². The number of pyridine rings is 1. The van der Waals surface area contributed by atoms with E-state index in [9.17, 15) is 0 Å². The highest BCUT2D eigenvalue weighted by Crippen LogP contribution is 2.19. The van der Waals surface area contributed by atoms with Crippen molar-refractivity contribution in [2.45, 2.75) is 6.54 Å². The molecule has 2 heterocycles. The van der Waals surface area contributed by atoms with Crippen molar-refractivity contribution in [3.8, 4) is 11.8 Å². The molecule has 10 heteroatoms. The van der Waals surface area contributed by atoms with E-state index in [4.69, 9.17) is 19.9 Å². The number of benzene rings is 1. The number of para-hydroxylation sites is 1. The molecule has 2 aromatic heterocycles. The Morgan fingerprint density at radius 2 is 1.52 bits per heavy atom. The second-order valence-corrected chi connectivity index (χ2v) is 6.30. The Hall–Kier alpha value is -3.34. The van der Waals surface area contributed by atoms with E-state index in [1.54, 1.807) is 6.20 Å². The lowest BCUT2D eigenvalue weighted by atomic mass is 10.3. The monoisotopic (exact) mass is 425 g/mol. The van der Waals surface area contributed by atoms with Crippen LogP contribution in [0.1, 0.15) is 5.69 Å². The number of hydrogen-bond donors (Lipinski definition) is 3. The van der Waals surface area contributed by atoms with Crippen LogP contribution in [0.2, 0.25) is 0 Å². The van der Waals surface area contributed by atoms with Crippen molar-refractivity contribution in [2.75, 3.05) is 50.2 Å². The Balaban J connectivity index is 1.57. The van der Waals surface area contributed by atoms with Gasteiger partial charge in [-0.2, -0.15) is 15.0 Å². The number of nitrogens with zero attached hydrogens (tertiary/aromatic N) is 4. The maximum Gasteiger partial charge on any atom is 0.328 e. The summed E-state index contributed by atoms with van der Waals surface area (Å²) in [5.74, 6) is 1.40. The van der Waals surface area contributed by atoms with Crippen LogP contribution < -0.4 is 21.1 Å². The lowest BCUT2D eigenvalue weighted by molar-refractivity contribution is 0.0547. The number of nitrogens with one attached hydrogen (secondary N) is 2. The molecular formula is C21H27N7O3. The first-order chi connectivity index (χ1) is 15.3. The Morgan fingerprint density at radius 3 is 2.26 bits per heavy atom. The summed E-state index contributed by atoms with van der Waals surface area (Å²) in [7, 11) is 0. The van der Waals surface area contributed by atoms with Crippen LogP contribution >= 0.6 is 0 Å².